The van der Waals surface area contributed by atoms with E-state index in [0.29, 0.717) is 5.92 Å². The monoisotopic (exact) mass is 420 g/mol. The molecule has 0 unspecified atom stereocenters. The van der Waals surface area contributed by atoms with Crippen LogP contribution in [0.3, 0.4) is 0 Å². The predicted octanol–water partition coefficient (Wildman–Crippen LogP) is 8.64. The average Bonchev–Trinajstić information content (AvgIpc) is 2.81. The second-order valence-corrected chi connectivity index (χ2v) is 10.4. The fraction of sp³-hybridized carbons (Fsp3) is 0.500. The number of hydrogen-bond acceptors (Lipinski definition) is 2. The van der Waals surface area contributed by atoms with Gasteiger partial charge in [0.15, 0.2) is 0 Å². The quantitative estimate of drug-likeness (QED) is 0.443. The van der Waals surface area contributed by atoms with Crippen LogP contribution >= 0.6 is 11.8 Å². The lowest BCUT2D eigenvalue weighted by Gasteiger charge is -2.33. The van der Waals surface area contributed by atoms with Crippen LogP contribution < -0.4 is 4.74 Å². The van der Waals surface area contributed by atoms with E-state index in [1.54, 1.807) is 18.9 Å². The molecule has 0 radical (unpaired) electrons. The Morgan fingerprint density at radius 2 is 1.37 bits per heavy atom. The Labute approximate surface area is 187 Å². The third-order valence-corrected chi connectivity index (χ3v) is 8.27. The minimum Gasteiger partial charge on any atom is -0.497 e. The van der Waals surface area contributed by atoms with Crippen molar-refractivity contribution in [3.05, 3.63) is 60.7 Å². The Morgan fingerprint density at radius 1 is 0.800 bits per heavy atom. The Morgan fingerprint density at radius 3 is 1.97 bits per heavy atom. The molecule has 2 fully saturated rings. The standard InChI is InChI=1S/C28H36OS/c1-21(24-10-8-23(9-11-24)20-22-6-4-3-5-7-22)25-12-16-27(17-13-25)30-28-18-14-26(29-2)15-19-28/h12-19,22-24H,1,3-11,20H2,2H3. The first kappa shape index (κ1) is 21.6. The first-order chi connectivity index (χ1) is 14.7. The smallest absolute Gasteiger partial charge is 0.118 e. The van der Waals surface area contributed by atoms with Gasteiger partial charge in [-0.1, -0.05) is 62.6 Å². The minimum absolute atomic E-state index is 0.674. The number of allylic oxidation sites excluding steroid dienone is 1. The Hall–Kier alpha value is -1.67. The normalized spacial score (nSPS) is 22.6. The van der Waals surface area contributed by atoms with Crippen LogP contribution in [-0.2, 0) is 0 Å². The summed E-state index contributed by atoms with van der Waals surface area (Å²) >= 11 is 1.79. The Kier molecular flexibility index (Phi) is 7.60. The van der Waals surface area contributed by atoms with Crippen molar-refractivity contribution >= 4 is 17.3 Å². The highest BCUT2D eigenvalue weighted by Gasteiger charge is 2.26. The van der Waals surface area contributed by atoms with Crippen molar-refractivity contribution in [2.24, 2.45) is 17.8 Å². The molecule has 0 aromatic heterocycles. The molecule has 2 aliphatic rings. The van der Waals surface area contributed by atoms with Crippen molar-refractivity contribution in [2.75, 3.05) is 7.11 Å². The van der Waals surface area contributed by atoms with E-state index in [4.69, 9.17) is 4.74 Å². The lowest BCUT2D eigenvalue weighted by molar-refractivity contribution is 0.229. The minimum atomic E-state index is 0.674. The van der Waals surface area contributed by atoms with Crippen LogP contribution in [0.2, 0.25) is 0 Å². The molecule has 0 bridgehead atoms. The van der Waals surface area contributed by atoms with Gasteiger partial charge in [-0.15, -0.1) is 0 Å². The highest BCUT2D eigenvalue weighted by Crippen LogP contribution is 2.41. The zero-order valence-corrected chi connectivity index (χ0v) is 19.3. The van der Waals surface area contributed by atoms with E-state index < -0.39 is 0 Å². The molecule has 160 valence electrons. The summed E-state index contributed by atoms with van der Waals surface area (Å²) in [6.45, 7) is 4.50. The maximum Gasteiger partial charge on any atom is 0.118 e. The molecule has 2 aromatic rings. The summed E-state index contributed by atoms with van der Waals surface area (Å²) in [5.74, 6) is 3.58. The molecule has 0 spiro atoms. The van der Waals surface area contributed by atoms with Gasteiger partial charge in [0.25, 0.3) is 0 Å². The Balaban J connectivity index is 1.27. The van der Waals surface area contributed by atoms with Crippen molar-refractivity contribution in [3.63, 3.8) is 0 Å². The molecule has 2 heteroatoms. The number of ether oxygens (including phenoxy) is 1. The molecule has 30 heavy (non-hydrogen) atoms. The molecule has 4 rings (SSSR count). The molecule has 0 atom stereocenters. The van der Waals surface area contributed by atoms with Crippen LogP contribution in [0.5, 0.6) is 5.75 Å². The molecule has 0 amide bonds. The van der Waals surface area contributed by atoms with Crippen molar-refractivity contribution in [2.45, 2.75) is 74.0 Å². The number of rotatable bonds is 7. The van der Waals surface area contributed by atoms with Crippen LogP contribution in [-0.4, -0.2) is 7.11 Å². The molecule has 0 heterocycles. The van der Waals surface area contributed by atoms with E-state index in [-0.39, 0.29) is 0 Å². The molecular weight excluding hydrogens is 384 g/mol. The van der Waals surface area contributed by atoms with Crippen molar-refractivity contribution in [1.29, 1.82) is 0 Å². The summed E-state index contributed by atoms with van der Waals surface area (Å²) in [4.78, 5) is 2.51. The molecule has 2 aliphatic carbocycles. The van der Waals surface area contributed by atoms with Gasteiger partial charge in [0, 0.05) is 9.79 Å². The van der Waals surface area contributed by atoms with Gasteiger partial charge in [0.2, 0.25) is 0 Å². The van der Waals surface area contributed by atoms with Gasteiger partial charge in [0.05, 0.1) is 7.11 Å². The number of hydrogen-bond donors (Lipinski definition) is 0. The maximum atomic E-state index is 5.24. The third kappa shape index (κ3) is 5.72. The predicted molar refractivity (Wildman–Crippen MR) is 129 cm³/mol. The van der Waals surface area contributed by atoms with Gasteiger partial charge in [-0.3, -0.25) is 0 Å². The topological polar surface area (TPSA) is 9.23 Å². The van der Waals surface area contributed by atoms with Crippen LogP contribution in [0.1, 0.15) is 69.8 Å². The molecule has 1 nitrogen and oxygen atoms in total. The van der Waals surface area contributed by atoms with Gasteiger partial charge in [-0.25, -0.2) is 0 Å². The highest BCUT2D eigenvalue weighted by molar-refractivity contribution is 7.99. The highest BCUT2D eigenvalue weighted by atomic mass is 32.2. The second-order valence-electron chi connectivity index (χ2n) is 9.28. The number of benzene rings is 2. The second kappa shape index (κ2) is 10.6. The van der Waals surface area contributed by atoms with E-state index in [1.807, 2.05) is 12.1 Å². The van der Waals surface area contributed by atoms with E-state index >= 15 is 0 Å². The molecule has 2 saturated carbocycles. The van der Waals surface area contributed by atoms with Crippen molar-refractivity contribution in [1.82, 2.24) is 0 Å². The van der Waals surface area contributed by atoms with E-state index in [2.05, 4.69) is 43.0 Å². The summed E-state index contributed by atoms with van der Waals surface area (Å²) < 4.78 is 5.24. The maximum absolute atomic E-state index is 5.24. The lowest BCUT2D eigenvalue weighted by atomic mass is 9.73. The zero-order chi connectivity index (χ0) is 20.8. The van der Waals surface area contributed by atoms with Gasteiger partial charge >= 0.3 is 0 Å². The van der Waals surface area contributed by atoms with Crippen LogP contribution in [0.4, 0.5) is 0 Å². The van der Waals surface area contributed by atoms with E-state index in [0.717, 1.165) is 17.6 Å². The third-order valence-electron chi connectivity index (χ3n) is 7.25. The Bertz CT molecular complexity index is 794. The zero-order valence-electron chi connectivity index (χ0n) is 18.4. The first-order valence-electron chi connectivity index (χ1n) is 11.8. The summed E-state index contributed by atoms with van der Waals surface area (Å²) in [6.07, 6.45) is 14.4. The van der Waals surface area contributed by atoms with Gasteiger partial charge in [-0.2, -0.15) is 0 Å². The summed E-state index contributed by atoms with van der Waals surface area (Å²) in [5, 5.41) is 0. The van der Waals surface area contributed by atoms with Gasteiger partial charge in [0.1, 0.15) is 5.75 Å². The largest absolute Gasteiger partial charge is 0.497 e. The molecular formula is C28H36OS. The summed E-state index contributed by atoms with van der Waals surface area (Å²) in [7, 11) is 1.71. The summed E-state index contributed by atoms with van der Waals surface area (Å²) in [5.41, 5.74) is 2.68. The van der Waals surface area contributed by atoms with Gasteiger partial charge in [-0.05, 0) is 97.4 Å². The molecule has 0 saturated heterocycles. The van der Waals surface area contributed by atoms with Crippen molar-refractivity contribution in [3.8, 4) is 5.75 Å². The van der Waals surface area contributed by atoms with Gasteiger partial charge < -0.3 is 4.74 Å². The lowest BCUT2D eigenvalue weighted by Crippen LogP contribution is -2.19. The van der Waals surface area contributed by atoms with Crippen LogP contribution in [0.25, 0.3) is 5.57 Å². The fourth-order valence-corrected chi connectivity index (χ4v) is 6.21. The average molecular weight is 421 g/mol. The van der Waals surface area contributed by atoms with Crippen LogP contribution in [0.15, 0.2) is 64.9 Å². The molecule has 0 aliphatic heterocycles. The molecule has 2 aromatic carbocycles. The number of methoxy groups -OCH3 is 1. The van der Waals surface area contributed by atoms with E-state index in [9.17, 15) is 0 Å². The van der Waals surface area contributed by atoms with E-state index in [1.165, 1.54) is 85.1 Å². The van der Waals surface area contributed by atoms with Crippen LogP contribution in [0, 0.1) is 17.8 Å². The fourth-order valence-electron chi connectivity index (χ4n) is 5.39. The first-order valence-corrected chi connectivity index (χ1v) is 12.6. The SMILES string of the molecule is C=C(c1ccc(Sc2ccc(OC)cc2)cc1)C1CCC(CC2CCCCC2)CC1. The van der Waals surface area contributed by atoms with Crippen molar-refractivity contribution < 1.29 is 4.74 Å². The molecule has 0 N–H and O–H groups in total. The summed E-state index contributed by atoms with van der Waals surface area (Å²) in [6, 6.07) is 17.3.